The maximum atomic E-state index is 4.36. The van der Waals surface area contributed by atoms with E-state index < -0.39 is 0 Å². The molecule has 0 aromatic heterocycles. The van der Waals surface area contributed by atoms with E-state index in [2.05, 4.69) is 33.0 Å². The molecule has 0 radical (unpaired) electrons. The third-order valence-electron chi connectivity index (χ3n) is 2.78. The topological polar surface area (TPSA) is 40.3 Å². The number of nitrogens with zero attached hydrogens (tertiary/aromatic N) is 4. The summed E-state index contributed by atoms with van der Waals surface area (Å²) in [5, 5.41) is 0. The lowest BCUT2D eigenvalue weighted by Crippen LogP contribution is -2.21. The highest BCUT2D eigenvalue weighted by Gasteiger charge is 2.19. The Kier molecular flexibility index (Phi) is 3.65. The largest absolute Gasteiger partial charge is 0.370 e. The predicted octanol–water partition coefficient (Wildman–Crippen LogP) is 2.18. The lowest BCUT2D eigenvalue weighted by Gasteiger charge is -2.21. The number of hydrogen-bond donors (Lipinski definition) is 0. The van der Waals surface area contributed by atoms with E-state index in [4.69, 9.17) is 0 Å². The number of aliphatic imine (C=N–C) groups is 3. The van der Waals surface area contributed by atoms with E-state index in [-0.39, 0.29) is 0 Å². The van der Waals surface area contributed by atoms with Gasteiger partial charge in [0.15, 0.2) is 5.84 Å². The summed E-state index contributed by atoms with van der Waals surface area (Å²) in [4.78, 5) is 15.0. The summed E-state index contributed by atoms with van der Waals surface area (Å²) < 4.78 is 0. The lowest BCUT2D eigenvalue weighted by molar-refractivity contribution is 0.437. The van der Waals surface area contributed by atoms with Crippen LogP contribution in [-0.2, 0) is 0 Å². The molecule has 4 heteroatoms. The van der Waals surface area contributed by atoms with Crippen LogP contribution in [0.4, 0.5) is 0 Å². The molecule has 2 heterocycles. The van der Waals surface area contributed by atoms with Crippen LogP contribution >= 0.6 is 0 Å². The van der Waals surface area contributed by atoms with E-state index >= 15 is 0 Å². The zero-order valence-corrected chi connectivity index (χ0v) is 9.84. The molecule has 0 aromatic rings. The van der Waals surface area contributed by atoms with Crippen molar-refractivity contribution in [1.29, 1.82) is 0 Å². The lowest BCUT2D eigenvalue weighted by atomic mass is 10.2. The van der Waals surface area contributed by atoms with Gasteiger partial charge in [-0.2, -0.15) is 0 Å². The van der Waals surface area contributed by atoms with Crippen molar-refractivity contribution in [1.82, 2.24) is 4.90 Å². The molecule has 0 N–H and O–H groups in total. The highest BCUT2D eigenvalue weighted by atomic mass is 15.2. The maximum absolute atomic E-state index is 4.36. The summed E-state index contributed by atoms with van der Waals surface area (Å²) in [6, 6.07) is 0. The Morgan fingerprint density at radius 1 is 1.24 bits per heavy atom. The molecule has 88 valence electrons. The second-order valence-corrected chi connectivity index (χ2v) is 3.82. The minimum atomic E-state index is 0.601. The molecule has 0 bridgehead atoms. The van der Waals surface area contributed by atoms with Crippen molar-refractivity contribution in [2.75, 3.05) is 13.1 Å². The first-order chi connectivity index (χ1) is 8.36. The SMILES string of the molecule is C=CN=C1N=CC=N/C1=C(/C=C)N1CCCC1. The van der Waals surface area contributed by atoms with Crippen molar-refractivity contribution in [2.45, 2.75) is 12.8 Å². The molecule has 2 aliphatic rings. The van der Waals surface area contributed by atoms with Crippen molar-refractivity contribution < 1.29 is 0 Å². The highest BCUT2D eigenvalue weighted by molar-refractivity contribution is 6.25. The van der Waals surface area contributed by atoms with Crippen molar-refractivity contribution in [2.24, 2.45) is 15.0 Å². The van der Waals surface area contributed by atoms with Gasteiger partial charge in [-0.3, -0.25) is 0 Å². The van der Waals surface area contributed by atoms with Crippen LogP contribution in [0.3, 0.4) is 0 Å². The smallest absolute Gasteiger partial charge is 0.180 e. The van der Waals surface area contributed by atoms with Crippen LogP contribution in [0.5, 0.6) is 0 Å². The Bertz CT molecular complexity index is 434. The fraction of sp³-hybridized carbons (Fsp3) is 0.308. The molecule has 4 nitrogen and oxygen atoms in total. The Balaban J connectivity index is 2.41. The third-order valence-corrected chi connectivity index (χ3v) is 2.78. The predicted molar refractivity (Wildman–Crippen MR) is 72.6 cm³/mol. The van der Waals surface area contributed by atoms with Gasteiger partial charge < -0.3 is 4.90 Å². The maximum Gasteiger partial charge on any atom is 0.180 e. The monoisotopic (exact) mass is 228 g/mol. The zero-order chi connectivity index (χ0) is 12.1. The van der Waals surface area contributed by atoms with Crippen LogP contribution in [0.2, 0.25) is 0 Å². The fourth-order valence-corrected chi connectivity index (χ4v) is 2.03. The standard InChI is InChI=1S/C13H16N4/c1-3-11(17-9-5-6-10-17)12-13(14-4-2)16-8-7-15-12/h3-4,7-8H,1-2,5-6,9-10H2/b12-11-,14-13?. The van der Waals surface area contributed by atoms with Gasteiger partial charge in [0.05, 0.1) is 5.70 Å². The highest BCUT2D eigenvalue weighted by Crippen LogP contribution is 2.21. The van der Waals surface area contributed by atoms with Crippen molar-refractivity contribution in [3.8, 4) is 0 Å². The fourth-order valence-electron chi connectivity index (χ4n) is 2.03. The summed E-state index contributed by atoms with van der Waals surface area (Å²) in [6.07, 6.45) is 9.06. The van der Waals surface area contributed by atoms with Gasteiger partial charge in [0, 0.05) is 31.7 Å². The summed E-state index contributed by atoms with van der Waals surface area (Å²) in [5.74, 6) is 0.601. The average molecular weight is 228 g/mol. The van der Waals surface area contributed by atoms with Crippen LogP contribution < -0.4 is 0 Å². The van der Waals surface area contributed by atoms with Crippen LogP contribution in [0.15, 0.2) is 51.8 Å². The molecule has 0 unspecified atom stereocenters. The summed E-state index contributed by atoms with van der Waals surface area (Å²) in [5.41, 5.74) is 1.79. The number of amidine groups is 1. The van der Waals surface area contributed by atoms with Crippen LogP contribution in [0.25, 0.3) is 0 Å². The van der Waals surface area contributed by atoms with Crippen LogP contribution in [-0.4, -0.2) is 36.3 Å². The summed E-state index contributed by atoms with van der Waals surface area (Å²) in [6.45, 7) is 9.56. The third kappa shape index (κ3) is 2.41. The number of rotatable bonds is 3. The van der Waals surface area contributed by atoms with E-state index in [1.165, 1.54) is 19.0 Å². The molecule has 0 aromatic carbocycles. The van der Waals surface area contributed by atoms with Gasteiger partial charge >= 0.3 is 0 Å². The van der Waals surface area contributed by atoms with Crippen LogP contribution in [0.1, 0.15) is 12.8 Å². The van der Waals surface area contributed by atoms with Gasteiger partial charge in [-0.05, 0) is 18.9 Å². The molecule has 0 aliphatic carbocycles. The molecule has 1 saturated heterocycles. The quantitative estimate of drug-likeness (QED) is 0.729. The van der Waals surface area contributed by atoms with Crippen molar-refractivity contribution in [3.05, 3.63) is 36.8 Å². The average Bonchev–Trinajstić information content (AvgIpc) is 2.86. The zero-order valence-electron chi connectivity index (χ0n) is 9.84. The van der Waals surface area contributed by atoms with E-state index in [1.54, 1.807) is 12.4 Å². The minimum Gasteiger partial charge on any atom is -0.370 e. The molecule has 2 rings (SSSR count). The van der Waals surface area contributed by atoms with Crippen molar-refractivity contribution in [3.63, 3.8) is 0 Å². The van der Waals surface area contributed by atoms with Gasteiger partial charge in [0.25, 0.3) is 0 Å². The van der Waals surface area contributed by atoms with Gasteiger partial charge in [0.1, 0.15) is 5.70 Å². The first-order valence-corrected chi connectivity index (χ1v) is 5.74. The molecular weight excluding hydrogens is 212 g/mol. The number of hydrogen-bond acceptors (Lipinski definition) is 3. The van der Waals surface area contributed by atoms with Gasteiger partial charge in [-0.25, -0.2) is 15.0 Å². The second-order valence-electron chi connectivity index (χ2n) is 3.82. The second kappa shape index (κ2) is 5.39. The van der Waals surface area contributed by atoms with Crippen LogP contribution in [0, 0.1) is 0 Å². The first-order valence-electron chi connectivity index (χ1n) is 5.74. The normalized spacial score (nSPS) is 24.2. The summed E-state index contributed by atoms with van der Waals surface area (Å²) in [7, 11) is 0. The Hall–Kier alpha value is -1.97. The molecule has 2 aliphatic heterocycles. The van der Waals surface area contributed by atoms with E-state index in [0.29, 0.717) is 5.84 Å². The number of allylic oxidation sites excluding steroid dienone is 1. The molecule has 0 spiro atoms. The Morgan fingerprint density at radius 3 is 2.59 bits per heavy atom. The van der Waals surface area contributed by atoms with Gasteiger partial charge in [-0.1, -0.05) is 13.2 Å². The van der Waals surface area contributed by atoms with Crippen molar-refractivity contribution >= 4 is 18.3 Å². The number of likely N-dealkylation sites (tertiary alicyclic amines) is 1. The Labute approximate surface area is 101 Å². The molecule has 0 amide bonds. The summed E-state index contributed by atoms with van der Waals surface area (Å²) >= 11 is 0. The van der Waals surface area contributed by atoms with E-state index in [9.17, 15) is 0 Å². The minimum absolute atomic E-state index is 0.601. The molecule has 0 saturated carbocycles. The van der Waals surface area contributed by atoms with Gasteiger partial charge in [-0.15, -0.1) is 0 Å². The van der Waals surface area contributed by atoms with E-state index in [1.807, 2.05) is 6.08 Å². The van der Waals surface area contributed by atoms with E-state index in [0.717, 1.165) is 24.5 Å². The first kappa shape index (κ1) is 11.5. The Morgan fingerprint density at radius 2 is 1.94 bits per heavy atom. The molecule has 0 atom stereocenters. The molecule has 1 fully saturated rings. The molecule has 17 heavy (non-hydrogen) atoms. The van der Waals surface area contributed by atoms with Gasteiger partial charge in [0.2, 0.25) is 0 Å². The molecular formula is C13H16N4.